The third kappa shape index (κ3) is 4.04. The summed E-state index contributed by atoms with van der Waals surface area (Å²) in [7, 11) is 0. The number of thiazole rings is 1. The lowest BCUT2D eigenvalue weighted by Gasteiger charge is -2.12. The second kappa shape index (κ2) is 6.49. The first kappa shape index (κ1) is 14.5. The van der Waals surface area contributed by atoms with Crippen molar-refractivity contribution in [2.24, 2.45) is 5.73 Å². The second-order valence-electron chi connectivity index (χ2n) is 4.57. The van der Waals surface area contributed by atoms with Gasteiger partial charge in [-0.05, 0) is 31.5 Å². The van der Waals surface area contributed by atoms with Crippen molar-refractivity contribution in [3.8, 4) is 0 Å². The van der Waals surface area contributed by atoms with E-state index in [0.717, 1.165) is 17.1 Å². The molecule has 0 fully saturated rings. The topological polar surface area (TPSA) is 80.0 Å². The summed E-state index contributed by atoms with van der Waals surface area (Å²) in [5.41, 5.74) is 6.91. The number of aryl methyl sites for hydroxylation is 1. The lowest BCUT2D eigenvalue weighted by molar-refractivity contribution is 0.259. The van der Waals surface area contributed by atoms with Crippen LogP contribution in [0.1, 0.15) is 28.4 Å². The van der Waals surface area contributed by atoms with E-state index >= 15 is 0 Å². The van der Waals surface area contributed by atoms with E-state index in [2.05, 4.69) is 22.5 Å². The van der Waals surface area contributed by atoms with Gasteiger partial charge in [-0.3, -0.25) is 0 Å². The number of nitrogens with zero attached hydrogens (tertiary/aromatic N) is 1. The van der Waals surface area contributed by atoms with Gasteiger partial charge in [-0.25, -0.2) is 9.78 Å². The van der Waals surface area contributed by atoms with E-state index in [1.807, 2.05) is 37.4 Å². The first-order valence-electron chi connectivity index (χ1n) is 6.35. The largest absolute Gasteiger partial charge is 0.351 e. The molecule has 0 aliphatic carbocycles. The fourth-order valence-electron chi connectivity index (χ4n) is 1.80. The highest BCUT2D eigenvalue weighted by atomic mass is 32.1. The number of aromatic nitrogens is 1. The van der Waals surface area contributed by atoms with Crippen LogP contribution in [0.15, 0.2) is 30.5 Å². The maximum atomic E-state index is 10.7. The lowest BCUT2D eigenvalue weighted by Crippen LogP contribution is -2.19. The number of nitrogens with one attached hydrogen (secondary N) is 2. The summed E-state index contributed by atoms with van der Waals surface area (Å²) < 4.78 is 0. The third-order valence-electron chi connectivity index (χ3n) is 2.90. The number of hydrogen-bond acceptors (Lipinski definition) is 4. The number of nitrogens with two attached hydrogens (primary N) is 1. The minimum absolute atomic E-state index is 0.268. The smallest absolute Gasteiger partial charge is 0.316 e. The standard InChI is InChI=1S/C14H18N4OS/c1-9(13-8-17-10(2)20-13)16-7-11-3-5-12(6-4-11)18-14(15)19/h3-6,8-9,16H,7H2,1-2H3,(H3,15,18,19). The highest BCUT2D eigenvalue weighted by Crippen LogP contribution is 2.20. The van der Waals surface area contributed by atoms with Gasteiger partial charge in [0.25, 0.3) is 0 Å². The molecule has 2 amide bonds. The number of benzene rings is 1. The Morgan fingerprint density at radius 1 is 1.40 bits per heavy atom. The molecule has 2 aromatic rings. The fourth-order valence-corrected chi connectivity index (χ4v) is 2.61. The number of hydrogen-bond donors (Lipinski definition) is 3. The summed E-state index contributed by atoms with van der Waals surface area (Å²) in [6, 6.07) is 7.31. The molecular formula is C14H18N4OS. The van der Waals surface area contributed by atoms with Gasteiger partial charge in [0, 0.05) is 29.3 Å². The zero-order chi connectivity index (χ0) is 14.5. The molecule has 20 heavy (non-hydrogen) atoms. The summed E-state index contributed by atoms with van der Waals surface area (Å²) in [6.07, 6.45) is 1.91. The molecule has 0 aliphatic rings. The Labute approximate surface area is 122 Å². The molecular weight excluding hydrogens is 272 g/mol. The van der Waals surface area contributed by atoms with Crippen molar-refractivity contribution in [1.82, 2.24) is 10.3 Å². The van der Waals surface area contributed by atoms with E-state index in [0.29, 0.717) is 5.69 Å². The van der Waals surface area contributed by atoms with Crippen molar-refractivity contribution in [3.05, 3.63) is 45.9 Å². The summed E-state index contributed by atoms with van der Waals surface area (Å²) >= 11 is 1.71. The van der Waals surface area contributed by atoms with Gasteiger partial charge in [0.1, 0.15) is 0 Å². The lowest BCUT2D eigenvalue weighted by atomic mass is 10.2. The average Bonchev–Trinajstić information content (AvgIpc) is 2.84. The zero-order valence-corrected chi connectivity index (χ0v) is 12.3. The molecule has 2 rings (SSSR count). The van der Waals surface area contributed by atoms with Gasteiger partial charge < -0.3 is 16.4 Å². The number of carbonyl (C=O) groups excluding carboxylic acids is 1. The summed E-state index contributed by atoms with van der Waals surface area (Å²) in [6.45, 7) is 4.89. The predicted molar refractivity (Wildman–Crippen MR) is 81.8 cm³/mol. The second-order valence-corrected chi connectivity index (χ2v) is 5.84. The Balaban J connectivity index is 1.89. The van der Waals surface area contributed by atoms with Gasteiger partial charge in [-0.15, -0.1) is 11.3 Å². The minimum atomic E-state index is -0.551. The Morgan fingerprint density at radius 3 is 2.65 bits per heavy atom. The monoisotopic (exact) mass is 290 g/mol. The van der Waals surface area contributed by atoms with Gasteiger partial charge in [0.15, 0.2) is 0 Å². The van der Waals surface area contributed by atoms with Crippen LogP contribution in [0.5, 0.6) is 0 Å². The average molecular weight is 290 g/mol. The highest BCUT2D eigenvalue weighted by Gasteiger charge is 2.07. The van der Waals surface area contributed by atoms with Gasteiger partial charge in [-0.1, -0.05) is 12.1 Å². The molecule has 1 unspecified atom stereocenters. The van der Waals surface area contributed by atoms with Crippen LogP contribution in [0.4, 0.5) is 10.5 Å². The highest BCUT2D eigenvalue weighted by molar-refractivity contribution is 7.11. The molecule has 0 saturated heterocycles. The van der Waals surface area contributed by atoms with Crippen LogP contribution in [0.25, 0.3) is 0 Å². The Hall–Kier alpha value is -1.92. The predicted octanol–water partition coefficient (Wildman–Crippen LogP) is 2.79. The fraction of sp³-hybridized carbons (Fsp3) is 0.286. The summed E-state index contributed by atoms with van der Waals surface area (Å²) in [4.78, 5) is 16.2. The molecule has 4 N–H and O–H groups in total. The van der Waals surface area contributed by atoms with E-state index < -0.39 is 6.03 Å². The Kier molecular flexibility index (Phi) is 4.70. The molecule has 0 aliphatic heterocycles. The van der Waals surface area contributed by atoms with Crippen molar-refractivity contribution in [3.63, 3.8) is 0 Å². The molecule has 0 saturated carbocycles. The number of anilines is 1. The molecule has 0 bridgehead atoms. The number of primary amides is 1. The molecule has 106 valence electrons. The van der Waals surface area contributed by atoms with E-state index in [-0.39, 0.29) is 6.04 Å². The van der Waals surface area contributed by atoms with E-state index in [9.17, 15) is 4.79 Å². The van der Waals surface area contributed by atoms with Gasteiger partial charge in [0.2, 0.25) is 0 Å². The van der Waals surface area contributed by atoms with E-state index in [1.165, 1.54) is 4.88 Å². The SMILES string of the molecule is Cc1ncc(C(C)NCc2ccc(NC(N)=O)cc2)s1. The van der Waals surface area contributed by atoms with Crippen molar-refractivity contribution in [2.45, 2.75) is 26.4 Å². The number of amides is 2. The first-order valence-corrected chi connectivity index (χ1v) is 7.17. The Bertz CT molecular complexity index is 579. The first-order chi connectivity index (χ1) is 9.54. The zero-order valence-electron chi connectivity index (χ0n) is 11.5. The maximum Gasteiger partial charge on any atom is 0.316 e. The van der Waals surface area contributed by atoms with Crippen molar-refractivity contribution in [2.75, 3.05) is 5.32 Å². The molecule has 1 heterocycles. The van der Waals surface area contributed by atoms with Crippen LogP contribution in [0, 0.1) is 6.92 Å². The quantitative estimate of drug-likeness (QED) is 0.792. The van der Waals surface area contributed by atoms with Crippen molar-refractivity contribution >= 4 is 23.1 Å². The molecule has 5 nitrogen and oxygen atoms in total. The summed E-state index contributed by atoms with van der Waals surface area (Å²) in [5, 5.41) is 7.06. The van der Waals surface area contributed by atoms with Crippen molar-refractivity contribution in [1.29, 1.82) is 0 Å². The molecule has 1 aromatic heterocycles. The van der Waals surface area contributed by atoms with Crippen LogP contribution in [-0.4, -0.2) is 11.0 Å². The third-order valence-corrected chi connectivity index (χ3v) is 4.00. The van der Waals surface area contributed by atoms with E-state index in [1.54, 1.807) is 11.3 Å². The molecule has 0 radical (unpaired) electrons. The Morgan fingerprint density at radius 2 is 2.10 bits per heavy atom. The molecule has 0 spiro atoms. The maximum absolute atomic E-state index is 10.7. The number of carbonyl (C=O) groups is 1. The number of urea groups is 1. The summed E-state index contributed by atoms with van der Waals surface area (Å²) in [5.74, 6) is 0. The van der Waals surface area contributed by atoms with Crippen molar-refractivity contribution < 1.29 is 4.79 Å². The number of rotatable bonds is 5. The van der Waals surface area contributed by atoms with Crippen LogP contribution >= 0.6 is 11.3 Å². The van der Waals surface area contributed by atoms with Crippen LogP contribution in [-0.2, 0) is 6.54 Å². The molecule has 6 heteroatoms. The van der Waals surface area contributed by atoms with Crippen LogP contribution in [0.2, 0.25) is 0 Å². The van der Waals surface area contributed by atoms with Gasteiger partial charge in [-0.2, -0.15) is 0 Å². The van der Waals surface area contributed by atoms with Crippen LogP contribution < -0.4 is 16.4 Å². The van der Waals surface area contributed by atoms with E-state index in [4.69, 9.17) is 5.73 Å². The van der Waals surface area contributed by atoms with Gasteiger partial charge >= 0.3 is 6.03 Å². The van der Waals surface area contributed by atoms with Crippen LogP contribution in [0.3, 0.4) is 0 Å². The minimum Gasteiger partial charge on any atom is -0.351 e. The molecule has 1 atom stereocenters. The normalized spacial score (nSPS) is 12.1. The van der Waals surface area contributed by atoms with Gasteiger partial charge in [0.05, 0.1) is 5.01 Å². The molecule has 1 aromatic carbocycles.